The van der Waals surface area contributed by atoms with E-state index < -0.39 is 0 Å². The molecule has 0 amide bonds. The van der Waals surface area contributed by atoms with Crippen LogP contribution in [0, 0.1) is 6.92 Å². The van der Waals surface area contributed by atoms with Crippen molar-refractivity contribution in [3.8, 4) is 0 Å². The highest BCUT2D eigenvalue weighted by molar-refractivity contribution is 7.18. The van der Waals surface area contributed by atoms with Gasteiger partial charge in [0.15, 0.2) is 0 Å². The molecule has 4 rings (SSSR count). The van der Waals surface area contributed by atoms with Crippen molar-refractivity contribution < 1.29 is 4.74 Å². The number of rotatable bonds is 6. The van der Waals surface area contributed by atoms with Gasteiger partial charge < -0.3 is 4.74 Å². The maximum absolute atomic E-state index is 13.4. The summed E-state index contributed by atoms with van der Waals surface area (Å²) in [5.41, 5.74) is 0.00926. The van der Waals surface area contributed by atoms with Gasteiger partial charge in [0.25, 0.3) is 5.56 Å². The van der Waals surface area contributed by atoms with Gasteiger partial charge in [-0.1, -0.05) is 19.3 Å². The Morgan fingerprint density at radius 3 is 2.66 bits per heavy atom. The first-order valence-electron chi connectivity index (χ1n) is 9.89. The number of hydrogen-bond acceptors (Lipinski definition) is 6. The first-order valence-corrected chi connectivity index (χ1v) is 10.7. The number of nitrogens with zero attached hydrogens (tertiary/aromatic N) is 4. The van der Waals surface area contributed by atoms with E-state index in [4.69, 9.17) is 4.74 Å². The second-order valence-electron chi connectivity index (χ2n) is 7.48. The van der Waals surface area contributed by atoms with Gasteiger partial charge in [0, 0.05) is 18.0 Å². The average Bonchev–Trinajstić information content (AvgIpc) is 3.26. The third-order valence-electron chi connectivity index (χ3n) is 5.71. The third-order valence-corrected chi connectivity index (χ3v) is 7.01. The SMILES string of the molecule is COCCn1c(=O)n(C2CCCCC2)c(=O)c2c(C)c(Cn3nc[nH]c3=O)sc21. The molecule has 0 unspecified atom stereocenters. The number of aryl methyl sites for hydroxylation is 1. The van der Waals surface area contributed by atoms with E-state index in [-0.39, 0.29) is 29.5 Å². The van der Waals surface area contributed by atoms with Crippen molar-refractivity contribution in [2.75, 3.05) is 13.7 Å². The fraction of sp³-hybridized carbons (Fsp3) is 0.579. The fourth-order valence-electron chi connectivity index (χ4n) is 4.13. The minimum Gasteiger partial charge on any atom is -0.383 e. The molecule has 0 atom stereocenters. The van der Waals surface area contributed by atoms with Crippen LogP contribution in [0.15, 0.2) is 20.7 Å². The van der Waals surface area contributed by atoms with Crippen LogP contribution in [-0.4, -0.2) is 37.6 Å². The van der Waals surface area contributed by atoms with Crippen molar-refractivity contribution in [3.63, 3.8) is 0 Å². The lowest BCUT2D eigenvalue weighted by Crippen LogP contribution is -2.43. The van der Waals surface area contributed by atoms with Crippen molar-refractivity contribution in [3.05, 3.63) is 48.1 Å². The third kappa shape index (κ3) is 3.51. The minimum absolute atomic E-state index is 0.0568. The lowest BCUT2D eigenvalue weighted by molar-refractivity contribution is 0.186. The van der Waals surface area contributed by atoms with Crippen LogP contribution in [0.4, 0.5) is 0 Å². The summed E-state index contributed by atoms with van der Waals surface area (Å²) in [6.45, 7) is 2.89. The summed E-state index contributed by atoms with van der Waals surface area (Å²) in [7, 11) is 1.59. The number of thiophene rings is 1. The largest absolute Gasteiger partial charge is 0.383 e. The second kappa shape index (κ2) is 8.11. The van der Waals surface area contributed by atoms with Crippen LogP contribution in [0.2, 0.25) is 0 Å². The molecule has 1 saturated carbocycles. The van der Waals surface area contributed by atoms with Gasteiger partial charge in [0.2, 0.25) is 0 Å². The maximum Gasteiger partial charge on any atom is 0.343 e. The summed E-state index contributed by atoms with van der Waals surface area (Å²) < 4.78 is 9.63. The monoisotopic (exact) mass is 419 g/mol. The molecule has 0 aliphatic heterocycles. The van der Waals surface area contributed by atoms with Crippen molar-refractivity contribution in [2.24, 2.45) is 0 Å². The molecule has 1 aliphatic rings. The van der Waals surface area contributed by atoms with E-state index >= 15 is 0 Å². The standard InChI is InChI=1S/C19H25N5O4S/c1-12-14(10-23-18(26)20-11-21-23)29-17-15(12)16(25)24(13-6-4-3-5-7-13)19(27)22(17)8-9-28-2/h11,13H,3-10H2,1-2H3,(H,20,21,26). The van der Waals surface area contributed by atoms with E-state index in [1.54, 1.807) is 11.7 Å². The number of fused-ring (bicyclic) bond motifs is 1. The molecule has 156 valence electrons. The molecule has 3 heterocycles. The van der Waals surface area contributed by atoms with Crippen molar-refractivity contribution in [1.82, 2.24) is 23.9 Å². The number of hydrogen-bond donors (Lipinski definition) is 1. The first-order chi connectivity index (χ1) is 14.0. The van der Waals surface area contributed by atoms with Crippen molar-refractivity contribution in [2.45, 2.75) is 58.2 Å². The van der Waals surface area contributed by atoms with E-state index in [0.717, 1.165) is 42.5 Å². The van der Waals surface area contributed by atoms with Crippen LogP contribution in [0.25, 0.3) is 10.2 Å². The highest BCUT2D eigenvalue weighted by atomic mass is 32.1. The highest BCUT2D eigenvalue weighted by Crippen LogP contribution is 2.30. The predicted molar refractivity (Wildman–Crippen MR) is 111 cm³/mol. The summed E-state index contributed by atoms with van der Waals surface area (Å²) in [6.07, 6.45) is 6.25. The summed E-state index contributed by atoms with van der Waals surface area (Å²) in [5, 5.41) is 4.57. The van der Waals surface area contributed by atoms with E-state index in [1.165, 1.54) is 26.9 Å². The molecule has 0 radical (unpaired) electrons. The summed E-state index contributed by atoms with van der Waals surface area (Å²) >= 11 is 1.37. The summed E-state index contributed by atoms with van der Waals surface area (Å²) in [5.74, 6) is 0. The minimum atomic E-state index is -0.307. The Kier molecular flexibility index (Phi) is 5.55. The molecular weight excluding hydrogens is 394 g/mol. The Morgan fingerprint density at radius 2 is 2.00 bits per heavy atom. The normalized spacial score (nSPS) is 15.4. The Hall–Kier alpha value is -2.46. The Balaban J connectivity index is 1.92. The zero-order valence-corrected chi connectivity index (χ0v) is 17.5. The van der Waals surface area contributed by atoms with Gasteiger partial charge in [-0.25, -0.2) is 14.3 Å². The maximum atomic E-state index is 13.4. The number of methoxy groups -OCH3 is 1. The summed E-state index contributed by atoms with van der Waals surface area (Å²) in [4.78, 5) is 42.6. The van der Waals surface area contributed by atoms with Crippen LogP contribution in [0.5, 0.6) is 0 Å². The van der Waals surface area contributed by atoms with E-state index in [1.807, 2.05) is 6.92 Å². The van der Waals surface area contributed by atoms with Crippen LogP contribution >= 0.6 is 11.3 Å². The molecule has 0 spiro atoms. The number of ether oxygens (including phenoxy) is 1. The van der Waals surface area contributed by atoms with Gasteiger partial charge in [-0.05, 0) is 25.3 Å². The second-order valence-corrected chi connectivity index (χ2v) is 8.56. The summed E-state index contributed by atoms with van der Waals surface area (Å²) in [6, 6.07) is -0.0568. The smallest absolute Gasteiger partial charge is 0.343 e. The molecule has 1 aliphatic carbocycles. The first kappa shape index (κ1) is 19.8. The molecule has 0 saturated heterocycles. The van der Waals surface area contributed by atoms with E-state index in [9.17, 15) is 14.4 Å². The zero-order valence-electron chi connectivity index (χ0n) is 16.6. The fourth-order valence-corrected chi connectivity index (χ4v) is 5.43. The van der Waals surface area contributed by atoms with Gasteiger partial charge in [0.1, 0.15) is 11.2 Å². The molecule has 10 heteroatoms. The molecule has 1 N–H and O–H groups in total. The zero-order chi connectivity index (χ0) is 20.5. The number of H-pyrrole nitrogens is 1. The molecule has 29 heavy (non-hydrogen) atoms. The van der Waals surface area contributed by atoms with E-state index in [2.05, 4.69) is 10.1 Å². The van der Waals surface area contributed by atoms with Crippen LogP contribution in [0.3, 0.4) is 0 Å². The molecule has 3 aromatic rings. The van der Waals surface area contributed by atoms with Gasteiger partial charge in [-0.3, -0.25) is 18.9 Å². The predicted octanol–water partition coefficient (Wildman–Crippen LogP) is 1.62. The number of aromatic amines is 1. The van der Waals surface area contributed by atoms with Gasteiger partial charge in [-0.2, -0.15) is 5.10 Å². The molecule has 0 bridgehead atoms. The highest BCUT2D eigenvalue weighted by Gasteiger charge is 2.25. The van der Waals surface area contributed by atoms with Gasteiger partial charge in [0.05, 0.1) is 25.1 Å². The lowest BCUT2D eigenvalue weighted by Gasteiger charge is -2.24. The molecule has 9 nitrogen and oxygen atoms in total. The van der Waals surface area contributed by atoms with E-state index in [0.29, 0.717) is 23.4 Å². The van der Waals surface area contributed by atoms with Crippen LogP contribution in [-0.2, 0) is 17.8 Å². The van der Waals surface area contributed by atoms with Gasteiger partial charge >= 0.3 is 11.4 Å². The Labute approximate surface area is 170 Å². The molecule has 0 aromatic carbocycles. The van der Waals surface area contributed by atoms with Crippen molar-refractivity contribution >= 4 is 21.6 Å². The Morgan fingerprint density at radius 1 is 1.24 bits per heavy atom. The molecule has 1 fully saturated rings. The quantitative estimate of drug-likeness (QED) is 0.654. The van der Waals surface area contributed by atoms with Crippen LogP contribution < -0.4 is 16.9 Å². The number of aromatic nitrogens is 5. The molecular formula is C19H25N5O4S. The lowest BCUT2D eigenvalue weighted by atomic mass is 9.95. The average molecular weight is 420 g/mol. The molecule has 3 aromatic heterocycles. The van der Waals surface area contributed by atoms with Gasteiger partial charge in [-0.15, -0.1) is 11.3 Å². The number of nitrogens with one attached hydrogen (secondary N) is 1. The van der Waals surface area contributed by atoms with Crippen LogP contribution in [0.1, 0.15) is 48.6 Å². The Bertz CT molecular complexity index is 1190. The topological polar surface area (TPSA) is 104 Å². The van der Waals surface area contributed by atoms with Crippen molar-refractivity contribution in [1.29, 1.82) is 0 Å².